The van der Waals surface area contributed by atoms with Gasteiger partial charge in [-0.05, 0) is 12.1 Å². The van der Waals surface area contributed by atoms with E-state index in [9.17, 15) is 4.79 Å². The second-order valence-corrected chi connectivity index (χ2v) is 5.88. The molecule has 0 saturated carbocycles. The van der Waals surface area contributed by atoms with Gasteiger partial charge in [-0.25, -0.2) is 4.98 Å². The van der Waals surface area contributed by atoms with Crippen molar-refractivity contribution < 1.29 is 9.53 Å². The Bertz CT molecular complexity index is 662. The normalized spacial score (nSPS) is 15.4. The van der Waals surface area contributed by atoms with Gasteiger partial charge >= 0.3 is 0 Å². The van der Waals surface area contributed by atoms with E-state index in [-0.39, 0.29) is 11.9 Å². The maximum atomic E-state index is 12.9. The van der Waals surface area contributed by atoms with Gasteiger partial charge in [0.05, 0.1) is 18.3 Å². The molecule has 1 aliphatic rings. The minimum atomic E-state index is -0.244. The van der Waals surface area contributed by atoms with E-state index in [0.29, 0.717) is 12.3 Å². The number of likely N-dealkylation sites (N-methyl/N-ethyl adjacent to an activating group) is 1. The molecule has 24 heavy (non-hydrogen) atoms. The van der Waals surface area contributed by atoms with Gasteiger partial charge in [0.15, 0.2) is 0 Å². The molecule has 3 rings (SSSR count). The summed E-state index contributed by atoms with van der Waals surface area (Å²) in [4.78, 5) is 23.5. The lowest BCUT2D eigenvalue weighted by atomic mass is 10.1. The number of ether oxygens (including phenoxy) is 1. The van der Waals surface area contributed by atoms with Crippen LogP contribution in [0.4, 0.5) is 0 Å². The SMILES string of the molecule is COCC(c1ccccn1)N(C)C(=O)c1cn2c(n1)CCNCC2. The van der Waals surface area contributed by atoms with E-state index in [0.717, 1.165) is 37.6 Å². The molecule has 0 fully saturated rings. The number of imidazole rings is 1. The molecule has 0 radical (unpaired) electrons. The number of methoxy groups -OCH3 is 1. The number of hydrogen-bond donors (Lipinski definition) is 1. The zero-order valence-electron chi connectivity index (χ0n) is 14.1. The van der Waals surface area contributed by atoms with Crippen LogP contribution in [-0.2, 0) is 17.7 Å². The number of pyridine rings is 1. The number of nitrogens with one attached hydrogen (secondary N) is 1. The molecule has 7 heteroatoms. The first-order valence-corrected chi connectivity index (χ1v) is 8.14. The molecule has 2 aromatic rings. The number of amides is 1. The summed E-state index contributed by atoms with van der Waals surface area (Å²) in [7, 11) is 3.40. The van der Waals surface area contributed by atoms with Crippen molar-refractivity contribution >= 4 is 5.91 Å². The quantitative estimate of drug-likeness (QED) is 0.882. The van der Waals surface area contributed by atoms with Crippen molar-refractivity contribution in [3.05, 3.63) is 47.8 Å². The fourth-order valence-corrected chi connectivity index (χ4v) is 2.92. The van der Waals surface area contributed by atoms with Crippen molar-refractivity contribution in [2.24, 2.45) is 0 Å². The Morgan fingerprint density at radius 1 is 1.46 bits per heavy atom. The first-order valence-electron chi connectivity index (χ1n) is 8.14. The third-order valence-corrected chi connectivity index (χ3v) is 4.27. The van der Waals surface area contributed by atoms with E-state index >= 15 is 0 Å². The maximum absolute atomic E-state index is 12.9. The summed E-state index contributed by atoms with van der Waals surface area (Å²) in [6.45, 7) is 3.01. The van der Waals surface area contributed by atoms with Gasteiger partial charge in [-0.1, -0.05) is 6.07 Å². The average Bonchev–Trinajstić information content (AvgIpc) is 2.90. The van der Waals surface area contributed by atoms with E-state index in [1.807, 2.05) is 24.4 Å². The third kappa shape index (κ3) is 3.47. The fourth-order valence-electron chi connectivity index (χ4n) is 2.92. The molecule has 128 valence electrons. The van der Waals surface area contributed by atoms with Gasteiger partial charge in [0.1, 0.15) is 11.5 Å². The summed E-state index contributed by atoms with van der Waals surface area (Å²) < 4.78 is 7.36. The highest BCUT2D eigenvalue weighted by Crippen LogP contribution is 2.20. The van der Waals surface area contributed by atoms with E-state index in [2.05, 4.69) is 19.9 Å². The van der Waals surface area contributed by atoms with E-state index in [1.54, 1.807) is 25.3 Å². The van der Waals surface area contributed by atoms with Crippen LogP contribution in [0, 0.1) is 0 Å². The predicted octanol–water partition coefficient (Wildman–Crippen LogP) is 0.884. The Morgan fingerprint density at radius 2 is 2.33 bits per heavy atom. The topological polar surface area (TPSA) is 72.3 Å². The van der Waals surface area contributed by atoms with Crippen molar-refractivity contribution in [2.45, 2.75) is 19.0 Å². The molecular weight excluding hydrogens is 306 g/mol. The number of rotatable bonds is 5. The molecular formula is C17H23N5O2. The summed E-state index contributed by atoms with van der Waals surface area (Å²) in [5.41, 5.74) is 1.28. The number of hydrogen-bond acceptors (Lipinski definition) is 5. The number of aromatic nitrogens is 3. The molecule has 1 amide bonds. The molecule has 7 nitrogen and oxygen atoms in total. The first-order chi connectivity index (χ1) is 11.7. The van der Waals surface area contributed by atoms with Crippen molar-refractivity contribution in [2.75, 3.05) is 33.9 Å². The molecule has 1 atom stereocenters. The molecule has 2 aromatic heterocycles. The highest BCUT2D eigenvalue weighted by Gasteiger charge is 2.26. The molecule has 0 saturated heterocycles. The summed E-state index contributed by atoms with van der Waals surface area (Å²) in [6, 6.07) is 5.43. The summed E-state index contributed by atoms with van der Waals surface area (Å²) in [5.74, 6) is 0.842. The second-order valence-electron chi connectivity index (χ2n) is 5.88. The lowest BCUT2D eigenvalue weighted by molar-refractivity contribution is 0.0590. The molecule has 1 unspecified atom stereocenters. The van der Waals surface area contributed by atoms with Gasteiger partial charge in [0.25, 0.3) is 5.91 Å². The van der Waals surface area contributed by atoms with Crippen molar-refractivity contribution in [1.82, 2.24) is 24.8 Å². The summed E-state index contributed by atoms with van der Waals surface area (Å²) in [5, 5.41) is 3.33. The molecule has 0 aliphatic carbocycles. The van der Waals surface area contributed by atoms with Crippen LogP contribution in [0.3, 0.4) is 0 Å². The molecule has 0 spiro atoms. The number of fused-ring (bicyclic) bond motifs is 1. The minimum absolute atomic E-state index is 0.115. The molecule has 1 N–H and O–H groups in total. The van der Waals surface area contributed by atoms with Gasteiger partial charge in [-0.3, -0.25) is 9.78 Å². The first kappa shape index (κ1) is 16.6. The van der Waals surface area contributed by atoms with E-state index in [1.165, 1.54) is 0 Å². The van der Waals surface area contributed by atoms with Crippen LogP contribution in [0.1, 0.15) is 28.0 Å². The van der Waals surface area contributed by atoms with Gasteiger partial charge in [-0.15, -0.1) is 0 Å². The van der Waals surface area contributed by atoms with Gasteiger partial charge in [0, 0.05) is 52.6 Å². The van der Waals surface area contributed by atoms with Crippen molar-refractivity contribution in [1.29, 1.82) is 0 Å². The lowest BCUT2D eigenvalue weighted by Crippen LogP contribution is -2.34. The highest BCUT2D eigenvalue weighted by molar-refractivity contribution is 5.92. The Morgan fingerprint density at radius 3 is 3.08 bits per heavy atom. The van der Waals surface area contributed by atoms with Crippen molar-refractivity contribution in [3.8, 4) is 0 Å². The van der Waals surface area contributed by atoms with E-state index < -0.39 is 0 Å². The van der Waals surface area contributed by atoms with Crippen LogP contribution < -0.4 is 5.32 Å². The molecule has 0 aromatic carbocycles. The largest absolute Gasteiger partial charge is 0.382 e. The maximum Gasteiger partial charge on any atom is 0.274 e. The van der Waals surface area contributed by atoms with Crippen LogP contribution >= 0.6 is 0 Å². The predicted molar refractivity (Wildman–Crippen MR) is 89.7 cm³/mol. The van der Waals surface area contributed by atoms with Gasteiger partial charge < -0.3 is 19.5 Å². The number of carbonyl (C=O) groups is 1. The highest BCUT2D eigenvalue weighted by atomic mass is 16.5. The Hall–Kier alpha value is -2.25. The smallest absolute Gasteiger partial charge is 0.274 e. The standard InChI is InChI=1S/C17H23N5O2/c1-21(15(12-24-2)13-5-3-4-7-19-13)17(23)14-11-22-10-9-18-8-6-16(22)20-14/h3-5,7,11,15,18H,6,8-10,12H2,1-2H3. The lowest BCUT2D eigenvalue weighted by Gasteiger charge is -2.26. The van der Waals surface area contributed by atoms with Crippen LogP contribution in [0.5, 0.6) is 0 Å². The summed E-state index contributed by atoms with van der Waals surface area (Å²) >= 11 is 0. The van der Waals surface area contributed by atoms with Crippen LogP contribution in [0.15, 0.2) is 30.6 Å². The number of nitrogens with zero attached hydrogens (tertiary/aromatic N) is 4. The van der Waals surface area contributed by atoms with Gasteiger partial charge in [-0.2, -0.15) is 0 Å². The monoisotopic (exact) mass is 329 g/mol. The number of carbonyl (C=O) groups excluding carboxylic acids is 1. The summed E-state index contributed by atoms with van der Waals surface area (Å²) in [6.07, 6.45) is 4.41. The minimum Gasteiger partial charge on any atom is -0.382 e. The Kier molecular flexibility index (Phi) is 5.22. The average molecular weight is 329 g/mol. The second kappa shape index (κ2) is 7.55. The Balaban J connectivity index is 1.82. The van der Waals surface area contributed by atoms with Crippen molar-refractivity contribution in [3.63, 3.8) is 0 Å². The Labute approximate surface area is 141 Å². The fraction of sp³-hybridized carbons (Fsp3) is 0.471. The van der Waals surface area contributed by atoms with E-state index in [4.69, 9.17) is 4.74 Å². The third-order valence-electron chi connectivity index (χ3n) is 4.27. The van der Waals surface area contributed by atoms with Crippen LogP contribution in [-0.4, -0.2) is 59.2 Å². The van der Waals surface area contributed by atoms with Crippen LogP contribution in [0.2, 0.25) is 0 Å². The molecule has 3 heterocycles. The molecule has 0 bridgehead atoms. The van der Waals surface area contributed by atoms with Crippen LogP contribution in [0.25, 0.3) is 0 Å². The van der Waals surface area contributed by atoms with Gasteiger partial charge in [0.2, 0.25) is 0 Å². The zero-order valence-corrected chi connectivity index (χ0v) is 14.1. The zero-order chi connectivity index (χ0) is 16.9. The molecule has 1 aliphatic heterocycles.